The van der Waals surface area contributed by atoms with E-state index in [4.69, 9.17) is 16.3 Å². The largest absolute Gasteiger partial charge is 0.481 e. The molecular formula is C14H15ClN2O2S. The molecule has 6 heteroatoms. The first kappa shape index (κ1) is 14.8. The molecule has 4 nitrogen and oxygen atoms in total. The molecule has 1 atom stereocenters. The molecule has 0 bridgehead atoms. The van der Waals surface area contributed by atoms with Crippen LogP contribution in [0.2, 0.25) is 5.02 Å². The average molecular weight is 311 g/mol. The van der Waals surface area contributed by atoms with Crippen LogP contribution in [0.1, 0.15) is 18.1 Å². The maximum Gasteiger partial charge on any atom is 0.266 e. The number of rotatable bonds is 4. The Hall–Kier alpha value is -1.59. The summed E-state index contributed by atoms with van der Waals surface area (Å²) in [7, 11) is 0. The second kappa shape index (κ2) is 6.24. The van der Waals surface area contributed by atoms with Crippen LogP contribution >= 0.6 is 22.9 Å². The molecule has 0 unspecified atom stereocenters. The molecule has 0 aliphatic rings. The van der Waals surface area contributed by atoms with E-state index in [1.54, 1.807) is 18.5 Å². The predicted octanol–water partition coefficient (Wildman–Crippen LogP) is 3.82. The van der Waals surface area contributed by atoms with Crippen LogP contribution in [0.3, 0.4) is 0 Å². The van der Waals surface area contributed by atoms with Crippen molar-refractivity contribution in [1.82, 2.24) is 4.98 Å². The first-order valence-electron chi connectivity index (χ1n) is 6.11. The Bertz CT molecular complexity index is 591. The summed E-state index contributed by atoms with van der Waals surface area (Å²) in [6.45, 7) is 5.51. The minimum atomic E-state index is -0.612. The monoisotopic (exact) mass is 310 g/mol. The maximum atomic E-state index is 12.0. The summed E-state index contributed by atoms with van der Waals surface area (Å²) in [4.78, 5) is 16.0. The van der Waals surface area contributed by atoms with E-state index < -0.39 is 6.10 Å². The van der Waals surface area contributed by atoms with Crippen LogP contribution in [-0.2, 0) is 4.79 Å². The van der Waals surface area contributed by atoms with Crippen LogP contribution in [0, 0.1) is 13.8 Å². The molecule has 0 aliphatic heterocycles. The smallest absolute Gasteiger partial charge is 0.266 e. The Balaban J connectivity index is 2.04. The molecule has 1 heterocycles. The van der Waals surface area contributed by atoms with Crippen molar-refractivity contribution in [3.8, 4) is 5.75 Å². The maximum absolute atomic E-state index is 12.0. The second-order valence-corrected chi connectivity index (χ2v) is 5.73. The number of benzene rings is 1. The zero-order valence-electron chi connectivity index (χ0n) is 11.4. The fourth-order valence-electron chi connectivity index (χ4n) is 1.72. The van der Waals surface area contributed by atoms with Gasteiger partial charge in [0.1, 0.15) is 5.75 Å². The molecule has 0 saturated heterocycles. The molecule has 1 amide bonds. The number of nitrogens with one attached hydrogen (secondary N) is 1. The Morgan fingerprint density at radius 2 is 2.05 bits per heavy atom. The van der Waals surface area contributed by atoms with Gasteiger partial charge in [-0.3, -0.25) is 10.1 Å². The lowest BCUT2D eigenvalue weighted by atomic mass is 10.1. The van der Waals surface area contributed by atoms with Crippen molar-refractivity contribution in [2.24, 2.45) is 0 Å². The Labute approximate surface area is 126 Å². The number of aromatic nitrogens is 1. The van der Waals surface area contributed by atoms with E-state index in [0.717, 1.165) is 16.1 Å². The van der Waals surface area contributed by atoms with E-state index in [0.29, 0.717) is 10.9 Å². The summed E-state index contributed by atoms with van der Waals surface area (Å²) in [6.07, 6.45) is 1.02. The molecule has 0 fully saturated rings. The molecule has 20 heavy (non-hydrogen) atoms. The van der Waals surface area contributed by atoms with Crippen molar-refractivity contribution in [2.45, 2.75) is 26.9 Å². The van der Waals surface area contributed by atoms with Gasteiger partial charge in [0.25, 0.3) is 5.91 Å². The standard InChI is InChI=1S/C14H15ClN2O2S/c1-8-6-11(7-9(2)12(8)15)19-10(3)13(18)17-14-16-4-5-20-14/h4-7,10H,1-3H3,(H,16,17,18)/t10-/m1/s1. The summed E-state index contributed by atoms with van der Waals surface area (Å²) in [6, 6.07) is 3.64. The second-order valence-electron chi connectivity index (χ2n) is 4.46. The van der Waals surface area contributed by atoms with Crippen LogP contribution in [0.15, 0.2) is 23.7 Å². The molecule has 1 aromatic heterocycles. The number of hydrogen-bond donors (Lipinski definition) is 1. The molecule has 0 radical (unpaired) electrons. The molecule has 2 aromatic rings. The summed E-state index contributed by atoms with van der Waals surface area (Å²) in [5, 5.41) is 5.78. The van der Waals surface area contributed by atoms with Gasteiger partial charge < -0.3 is 4.74 Å². The first-order valence-corrected chi connectivity index (χ1v) is 7.37. The van der Waals surface area contributed by atoms with Crippen LogP contribution in [0.4, 0.5) is 5.13 Å². The van der Waals surface area contributed by atoms with Crippen LogP contribution in [0.25, 0.3) is 0 Å². The molecule has 106 valence electrons. The summed E-state index contributed by atoms with van der Waals surface area (Å²) in [5.41, 5.74) is 1.85. The quantitative estimate of drug-likeness (QED) is 0.934. The lowest BCUT2D eigenvalue weighted by Gasteiger charge is -2.15. The molecule has 1 N–H and O–H groups in total. The molecule has 1 aromatic carbocycles. The van der Waals surface area contributed by atoms with Crippen LogP contribution in [-0.4, -0.2) is 17.0 Å². The van der Waals surface area contributed by atoms with E-state index >= 15 is 0 Å². The lowest BCUT2D eigenvalue weighted by molar-refractivity contribution is -0.122. The molecular weight excluding hydrogens is 296 g/mol. The zero-order valence-corrected chi connectivity index (χ0v) is 13.0. The normalized spacial score (nSPS) is 12.0. The molecule has 0 saturated carbocycles. The number of anilines is 1. The number of aryl methyl sites for hydroxylation is 2. The van der Waals surface area contributed by atoms with Gasteiger partial charge in [0.2, 0.25) is 0 Å². The number of halogens is 1. The van der Waals surface area contributed by atoms with E-state index in [1.807, 2.05) is 26.0 Å². The molecule has 2 rings (SSSR count). The van der Waals surface area contributed by atoms with Crippen molar-refractivity contribution in [3.63, 3.8) is 0 Å². The minimum absolute atomic E-state index is 0.231. The minimum Gasteiger partial charge on any atom is -0.481 e. The van der Waals surface area contributed by atoms with Gasteiger partial charge in [0, 0.05) is 16.6 Å². The van der Waals surface area contributed by atoms with Crippen molar-refractivity contribution in [3.05, 3.63) is 39.9 Å². The zero-order chi connectivity index (χ0) is 14.7. The number of carbonyl (C=O) groups is 1. The molecule has 0 spiro atoms. The SMILES string of the molecule is Cc1cc(O[C@H](C)C(=O)Nc2nccs2)cc(C)c1Cl. The number of amides is 1. The third-order valence-corrected chi connectivity index (χ3v) is 4.04. The van der Waals surface area contributed by atoms with E-state index in [9.17, 15) is 4.79 Å². The van der Waals surface area contributed by atoms with Gasteiger partial charge in [-0.25, -0.2) is 4.98 Å². The highest BCUT2D eigenvalue weighted by atomic mass is 35.5. The number of thiazole rings is 1. The van der Waals surface area contributed by atoms with Crippen molar-refractivity contribution in [1.29, 1.82) is 0 Å². The van der Waals surface area contributed by atoms with Crippen molar-refractivity contribution < 1.29 is 9.53 Å². The van der Waals surface area contributed by atoms with Gasteiger partial charge in [-0.1, -0.05) is 11.6 Å². The third-order valence-electron chi connectivity index (χ3n) is 2.75. The average Bonchev–Trinajstić information content (AvgIpc) is 2.88. The Morgan fingerprint density at radius 1 is 1.40 bits per heavy atom. The predicted molar refractivity (Wildman–Crippen MR) is 81.8 cm³/mol. The molecule has 0 aliphatic carbocycles. The van der Waals surface area contributed by atoms with Crippen molar-refractivity contribution >= 4 is 34.0 Å². The summed E-state index contributed by atoms with van der Waals surface area (Å²) < 4.78 is 5.65. The number of carbonyl (C=O) groups excluding carboxylic acids is 1. The van der Waals surface area contributed by atoms with Gasteiger partial charge in [-0.2, -0.15) is 0 Å². The summed E-state index contributed by atoms with van der Waals surface area (Å²) in [5.74, 6) is 0.399. The summed E-state index contributed by atoms with van der Waals surface area (Å²) >= 11 is 7.47. The first-order chi connectivity index (χ1) is 9.47. The fourth-order valence-corrected chi connectivity index (χ4v) is 2.37. The number of nitrogens with zero attached hydrogens (tertiary/aromatic N) is 1. The Kier molecular flexibility index (Phi) is 4.62. The highest BCUT2D eigenvalue weighted by Crippen LogP contribution is 2.26. The lowest BCUT2D eigenvalue weighted by Crippen LogP contribution is -2.30. The van der Waals surface area contributed by atoms with Crippen LogP contribution in [0.5, 0.6) is 5.75 Å². The fraction of sp³-hybridized carbons (Fsp3) is 0.286. The van der Waals surface area contributed by atoms with E-state index in [-0.39, 0.29) is 5.91 Å². The van der Waals surface area contributed by atoms with Gasteiger partial charge in [-0.05, 0) is 44.0 Å². The van der Waals surface area contributed by atoms with Gasteiger partial charge in [0.15, 0.2) is 11.2 Å². The highest BCUT2D eigenvalue weighted by molar-refractivity contribution is 7.13. The van der Waals surface area contributed by atoms with Crippen LogP contribution < -0.4 is 10.1 Å². The third kappa shape index (κ3) is 3.49. The van der Waals surface area contributed by atoms with E-state index in [1.165, 1.54) is 11.3 Å². The van der Waals surface area contributed by atoms with Gasteiger partial charge in [0.05, 0.1) is 0 Å². The Morgan fingerprint density at radius 3 is 2.60 bits per heavy atom. The highest BCUT2D eigenvalue weighted by Gasteiger charge is 2.16. The van der Waals surface area contributed by atoms with Gasteiger partial charge in [-0.15, -0.1) is 11.3 Å². The number of ether oxygens (including phenoxy) is 1. The van der Waals surface area contributed by atoms with E-state index in [2.05, 4.69) is 10.3 Å². The van der Waals surface area contributed by atoms with Crippen molar-refractivity contribution in [2.75, 3.05) is 5.32 Å². The number of hydrogen-bond acceptors (Lipinski definition) is 4. The topological polar surface area (TPSA) is 51.2 Å². The van der Waals surface area contributed by atoms with Gasteiger partial charge >= 0.3 is 0 Å².